The SMILES string of the molecule is Nc1ncnc2c1ncn2[C@H]1C[C@H](O)[C@@H](C[Se]CC[C@H]([NH3+])C(=O)[O-])O1. The predicted octanol–water partition coefficient (Wildman–Crippen LogP) is -2.65. The average Bonchev–Trinajstić information content (AvgIpc) is 3.16. The number of carbonyl (C=O) groups is 1. The quantitative estimate of drug-likeness (QED) is 0.326. The van der Waals surface area contributed by atoms with E-state index in [-0.39, 0.29) is 27.3 Å². The number of rotatable bonds is 7. The fraction of sp³-hybridized carbons (Fsp3) is 0.571. The first kappa shape index (κ1) is 18.0. The van der Waals surface area contributed by atoms with Gasteiger partial charge in [-0.3, -0.25) is 0 Å². The van der Waals surface area contributed by atoms with E-state index in [1.807, 2.05) is 0 Å². The van der Waals surface area contributed by atoms with E-state index in [1.54, 1.807) is 10.9 Å². The number of carboxylic acid groups (broad SMARTS) is 1. The van der Waals surface area contributed by atoms with Gasteiger partial charge < -0.3 is 0 Å². The van der Waals surface area contributed by atoms with Gasteiger partial charge in [-0.25, -0.2) is 0 Å². The zero-order valence-electron chi connectivity index (χ0n) is 13.4. The third kappa shape index (κ3) is 3.91. The van der Waals surface area contributed by atoms with E-state index >= 15 is 0 Å². The fourth-order valence-corrected chi connectivity index (χ4v) is 5.07. The Morgan fingerprint density at radius 1 is 1.56 bits per heavy atom. The van der Waals surface area contributed by atoms with Crippen LogP contribution in [0.15, 0.2) is 12.7 Å². The molecule has 11 heteroatoms. The van der Waals surface area contributed by atoms with Crippen LogP contribution in [0.3, 0.4) is 0 Å². The van der Waals surface area contributed by atoms with E-state index in [1.165, 1.54) is 6.33 Å². The molecule has 0 aliphatic carbocycles. The number of imidazole rings is 1. The van der Waals surface area contributed by atoms with Crippen LogP contribution in [0.4, 0.5) is 5.82 Å². The van der Waals surface area contributed by atoms with Gasteiger partial charge in [0.1, 0.15) is 0 Å². The molecule has 1 aliphatic rings. The molecule has 3 rings (SSSR count). The molecule has 2 aromatic rings. The van der Waals surface area contributed by atoms with Gasteiger partial charge in [-0.15, -0.1) is 0 Å². The summed E-state index contributed by atoms with van der Waals surface area (Å²) in [4.78, 5) is 23.0. The van der Waals surface area contributed by atoms with Crippen LogP contribution in [0.2, 0.25) is 10.6 Å². The van der Waals surface area contributed by atoms with Gasteiger partial charge in [-0.2, -0.15) is 0 Å². The van der Waals surface area contributed by atoms with Gasteiger partial charge in [0.15, 0.2) is 0 Å². The summed E-state index contributed by atoms with van der Waals surface area (Å²) in [5.41, 5.74) is 10.4. The Labute approximate surface area is 149 Å². The molecule has 1 fully saturated rings. The first-order valence-electron chi connectivity index (χ1n) is 7.85. The number of fused-ring (bicyclic) bond motifs is 1. The monoisotopic (exact) mass is 416 g/mol. The van der Waals surface area contributed by atoms with Crippen molar-refractivity contribution in [2.45, 2.75) is 48.0 Å². The van der Waals surface area contributed by atoms with Crippen LogP contribution in [-0.2, 0) is 9.53 Å². The topological polar surface area (TPSA) is 167 Å². The molecular weight excluding hydrogens is 395 g/mol. The maximum atomic E-state index is 10.6. The van der Waals surface area contributed by atoms with Crippen molar-refractivity contribution in [2.24, 2.45) is 0 Å². The van der Waals surface area contributed by atoms with Crippen LogP contribution >= 0.6 is 0 Å². The minimum atomic E-state index is -1.12. The molecule has 136 valence electrons. The van der Waals surface area contributed by atoms with Gasteiger partial charge in [0.05, 0.1) is 0 Å². The van der Waals surface area contributed by atoms with E-state index in [4.69, 9.17) is 10.5 Å². The van der Waals surface area contributed by atoms with Gasteiger partial charge >= 0.3 is 149 Å². The number of aliphatic hydroxyl groups is 1. The number of carbonyl (C=O) groups excluding carboxylic acids is 1. The summed E-state index contributed by atoms with van der Waals surface area (Å²) < 4.78 is 7.72. The fourth-order valence-electron chi connectivity index (χ4n) is 2.66. The number of carboxylic acids is 1. The summed E-state index contributed by atoms with van der Waals surface area (Å²) in [7, 11) is 0. The number of hydrogen-bond donors (Lipinski definition) is 3. The molecule has 0 aromatic carbocycles. The molecule has 0 amide bonds. The number of ether oxygens (including phenoxy) is 1. The summed E-state index contributed by atoms with van der Waals surface area (Å²) >= 11 is 0.162. The third-order valence-electron chi connectivity index (χ3n) is 4.13. The first-order chi connectivity index (χ1) is 12.0. The van der Waals surface area contributed by atoms with Crippen molar-refractivity contribution >= 4 is 37.9 Å². The Morgan fingerprint density at radius 3 is 3.12 bits per heavy atom. The van der Waals surface area contributed by atoms with Crippen LogP contribution in [0.5, 0.6) is 0 Å². The third-order valence-corrected chi connectivity index (χ3v) is 6.41. The van der Waals surface area contributed by atoms with Crippen molar-refractivity contribution in [1.82, 2.24) is 19.5 Å². The Kier molecular flexibility index (Phi) is 5.50. The van der Waals surface area contributed by atoms with Crippen LogP contribution in [0.1, 0.15) is 19.1 Å². The molecule has 4 atom stereocenters. The molecule has 0 radical (unpaired) electrons. The van der Waals surface area contributed by atoms with E-state index in [0.717, 1.165) is 5.32 Å². The molecular formula is C14H20N6O4Se. The Bertz CT molecular complexity index is 756. The second-order valence-electron chi connectivity index (χ2n) is 5.89. The molecule has 2 aromatic heterocycles. The van der Waals surface area contributed by atoms with Gasteiger partial charge in [0, 0.05) is 0 Å². The number of hydrogen-bond acceptors (Lipinski definition) is 8. The zero-order chi connectivity index (χ0) is 18.0. The number of nitrogens with zero attached hydrogens (tertiary/aromatic N) is 4. The van der Waals surface area contributed by atoms with Crippen molar-refractivity contribution in [3.8, 4) is 0 Å². The molecule has 1 saturated heterocycles. The number of aromatic nitrogens is 4. The summed E-state index contributed by atoms with van der Waals surface area (Å²) in [6, 6.07) is -0.688. The predicted molar refractivity (Wildman–Crippen MR) is 85.9 cm³/mol. The van der Waals surface area contributed by atoms with E-state index in [9.17, 15) is 15.0 Å². The Morgan fingerprint density at radius 2 is 2.36 bits per heavy atom. The summed E-state index contributed by atoms with van der Waals surface area (Å²) in [5, 5.41) is 22.4. The van der Waals surface area contributed by atoms with Crippen molar-refractivity contribution in [2.75, 3.05) is 5.73 Å². The number of aliphatic carboxylic acids is 1. The van der Waals surface area contributed by atoms with E-state index in [2.05, 4.69) is 20.7 Å². The summed E-state index contributed by atoms with van der Waals surface area (Å²) in [6.45, 7) is 0. The Balaban J connectivity index is 1.58. The zero-order valence-corrected chi connectivity index (χ0v) is 15.2. The second-order valence-corrected chi connectivity index (χ2v) is 8.31. The van der Waals surface area contributed by atoms with Crippen LogP contribution in [-0.4, -0.2) is 63.8 Å². The molecule has 1 aliphatic heterocycles. The molecule has 3 heterocycles. The van der Waals surface area contributed by atoms with Gasteiger partial charge in [0.2, 0.25) is 0 Å². The Hall–Kier alpha value is -1.78. The number of quaternary nitrogens is 1. The van der Waals surface area contributed by atoms with Crippen LogP contribution < -0.4 is 16.6 Å². The van der Waals surface area contributed by atoms with Gasteiger partial charge in [-0.1, -0.05) is 0 Å². The minimum absolute atomic E-state index is 0.162. The first-order valence-corrected chi connectivity index (χ1v) is 10.3. The standard InChI is InChI=1S/C14H20N6O4Se/c15-7(14(22)23)1-2-25-4-9-8(21)3-10(24-9)20-6-19-11-12(16)17-5-18-13(11)20/h5-10,21H,1-4,15H2,(H,22,23)(H2,16,17,18)/t7-,8-,9+,10+/m0/s1. The molecule has 0 unspecified atom stereocenters. The van der Waals surface area contributed by atoms with Crippen molar-refractivity contribution in [3.05, 3.63) is 12.7 Å². The van der Waals surface area contributed by atoms with Crippen molar-refractivity contribution in [3.63, 3.8) is 0 Å². The molecule has 0 bridgehead atoms. The normalized spacial score (nSPS) is 24.6. The maximum absolute atomic E-state index is 10.6. The van der Waals surface area contributed by atoms with Crippen molar-refractivity contribution < 1.29 is 25.5 Å². The van der Waals surface area contributed by atoms with E-state index in [0.29, 0.717) is 35.1 Å². The molecule has 0 spiro atoms. The molecule has 10 nitrogen and oxygen atoms in total. The summed E-state index contributed by atoms with van der Waals surface area (Å²) in [5.74, 6) is -0.820. The van der Waals surface area contributed by atoms with Crippen LogP contribution in [0.25, 0.3) is 11.2 Å². The molecule has 25 heavy (non-hydrogen) atoms. The molecule has 0 saturated carbocycles. The summed E-state index contributed by atoms with van der Waals surface area (Å²) in [6.07, 6.45) is 2.65. The van der Waals surface area contributed by atoms with Crippen LogP contribution in [0, 0.1) is 0 Å². The number of aliphatic hydroxyl groups excluding tert-OH is 1. The average molecular weight is 415 g/mol. The van der Waals surface area contributed by atoms with Gasteiger partial charge in [-0.05, 0) is 0 Å². The number of anilines is 1. The molecule has 6 N–H and O–H groups in total. The number of nitrogen functional groups attached to an aromatic ring is 1. The van der Waals surface area contributed by atoms with E-state index < -0.39 is 18.1 Å². The van der Waals surface area contributed by atoms with Crippen molar-refractivity contribution in [1.29, 1.82) is 0 Å². The second kappa shape index (κ2) is 7.63. The number of nitrogens with two attached hydrogens (primary N) is 1. The van der Waals surface area contributed by atoms with Gasteiger partial charge in [0.25, 0.3) is 0 Å².